The van der Waals surface area contributed by atoms with E-state index < -0.39 is 29.1 Å². The number of nitrogens with zero attached hydrogens (tertiary/aromatic N) is 1. The minimum absolute atomic E-state index is 0.0998. The number of likely N-dealkylation sites (tertiary alicyclic amines) is 1. The Kier molecular flexibility index (Phi) is 6.17. The Hall–Kier alpha value is -2.09. The van der Waals surface area contributed by atoms with E-state index >= 15 is 0 Å². The number of benzene rings is 1. The fraction of sp³-hybridized carbons (Fsp3) is 0.577. The normalized spacial score (nSPS) is 33.9. The first kappa shape index (κ1) is 24.6. The second-order valence-corrected chi connectivity index (χ2v) is 11.4. The molecule has 0 aromatic heterocycles. The number of hydrogen-bond acceptors (Lipinski definition) is 4. The molecule has 3 aliphatic heterocycles. The minimum atomic E-state index is -1.19. The van der Waals surface area contributed by atoms with Crippen molar-refractivity contribution in [2.75, 3.05) is 5.32 Å². The molecular formula is C26H31Cl2N3O4. The van der Waals surface area contributed by atoms with Gasteiger partial charge in [0, 0.05) is 17.8 Å². The van der Waals surface area contributed by atoms with Crippen molar-refractivity contribution in [1.29, 1.82) is 0 Å². The fourth-order valence-corrected chi connectivity index (χ4v) is 6.74. The SMILES string of the molecule is CC(C)N1C(=O)[C@@H]2C(C(=O)Nc3ccc(Cl)c(Cl)c3)[C@]3(C)C=C[C@]2(O3)C1C(=O)NC1CCCCC1. The Labute approximate surface area is 215 Å². The molecule has 9 heteroatoms. The lowest BCUT2D eigenvalue weighted by Gasteiger charge is -2.36. The van der Waals surface area contributed by atoms with Crippen molar-refractivity contribution in [2.24, 2.45) is 11.8 Å². The minimum Gasteiger partial charge on any atom is -0.356 e. The summed E-state index contributed by atoms with van der Waals surface area (Å²) >= 11 is 12.1. The molecule has 0 radical (unpaired) electrons. The van der Waals surface area contributed by atoms with Crippen molar-refractivity contribution in [2.45, 2.75) is 82.2 Å². The molecule has 4 aliphatic rings. The Morgan fingerprint density at radius 2 is 1.80 bits per heavy atom. The summed E-state index contributed by atoms with van der Waals surface area (Å²) in [5, 5.41) is 6.77. The van der Waals surface area contributed by atoms with Crippen molar-refractivity contribution < 1.29 is 19.1 Å². The average Bonchev–Trinajstić information content (AvgIpc) is 3.37. The van der Waals surface area contributed by atoms with Gasteiger partial charge in [-0.05, 0) is 51.8 Å². The van der Waals surface area contributed by atoms with E-state index in [9.17, 15) is 14.4 Å². The van der Waals surface area contributed by atoms with Crippen LogP contribution in [0.4, 0.5) is 5.69 Å². The van der Waals surface area contributed by atoms with Gasteiger partial charge in [-0.1, -0.05) is 54.6 Å². The van der Waals surface area contributed by atoms with Crippen LogP contribution in [0, 0.1) is 11.8 Å². The van der Waals surface area contributed by atoms with E-state index in [1.165, 1.54) is 6.42 Å². The summed E-state index contributed by atoms with van der Waals surface area (Å²) in [4.78, 5) is 42.7. The van der Waals surface area contributed by atoms with Crippen LogP contribution in [-0.2, 0) is 19.1 Å². The Balaban J connectivity index is 1.47. The molecular weight excluding hydrogens is 489 g/mol. The van der Waals surface area contributed by atoms with Gasteiger partial charge >= 0.3 is 0 Å². The van der Waals surface area contributed by atoms with E-state index in [4.69, 9.17) is 27.9 Å². The molecule has 1 aliphatic carbocycles. The van der Waals surface area contributed by atoms with Crippen LogP contribution in [0.15, 0.2) is 30.4 Å². The van der Waals surface area contributed by atoms with E-state index in [0.717, 1.165) is 25.7 Å². The first-order valence-electron chi connectivity index (χ1n) is 12.4. The lowest BCUT2D eigenvalue weighted by molar-refractivity contribution is -0.146. The number of carbonyl (C=O) groups excluding carboxylic acids is 3. The highest BCUT2D eigenvalue weighted by molar-refractivity contribution is 6.42. The van der Waals surface area contributed by atoms with Crippen LogP contribution in [0.2, 0.25) is 10.0 Å². The number of rotatable bonds is 5. The molecule has 2 unspecified atom stereocenters. The number of carbonyl (C=O) groups is 3. The van der Waals surface area contributed by atoms with Crippen LogP contribution in [0.5, 0.6) is 0 Å². The molecule has 2 N–H and O–H groups in total. The number of anilines is 1. The molecule has 188 valence electrons. The second kappa shape index (κ2) is 8.79. The predicted molar refractivity (Wildman–Crippen MR) is 134 cm³/mol. The van der Waals surface area contributed by atoms with Gasteiger partial charge in [-0.15, -0.1) is 0 Å². The zero-order valence-electron chi connectivity index (χ0n) is 20.1. The molecule has 5 rings (SSSR count). The zero-order chi connectivity index (χ0) is 25.1. The number of nitrogens with one attached hydrogen (secondary N) is 2. The second-order valence-electron chi connectivity index (χ2n) is 10.6. The van der Waals surface area contributed by atoms with E-state index in [2.05, 4.69) is 10.6 Å². The lowest BCUT2D eigenvalue weighted by Crippen LogP contribution is -2.58. The number of fused-ring (bicyclic) bond motifs is 1. The topological polar surface area (TPSA) is 87.7 Å². The molecule has 1 aromatic carbocycles. The number of halogens is 2. The highest BCUT2D eigenvalue weighted by atomic mass is 35.5. The molecule has 5 atom stereocenters. The maximum atomic E-state index is 13.8. The summed E-state index contributed by atoms with van der Waals surface area (Å²) in [6.45, 7) is 5.58. The third kappa shape index (κ3) is 3.87. The zero-order valence-corrected chi connectivity index (χ0v) is 21.7. The fourth-order valence-electron chi connectivity index (χ4n) is 6.44. The first-order chi connectivity index (χ1) is 16.6. The van der Waals surface area contributed by atoms with Gasteiger partial charge in [-0.3, -0.25) is 14.4 Å². The molecule has 35 heavy (non-hydrogen) atoms. The van der Waals surface area contributed by atoms with Crippen LogP contribution >= 0.6 is 23.2 Å². The van der Waals surface area contributed by atoms with Crippen molar-refractivity contribution >= 4 is 46.6 Å². The molecule has 2 bridgehead atoms. The predicted octanol–water partition coefficient (Wildman–Crippen LogP) is 4.33. The van der Waals surface area contributed by atoms with Gasteiger partial charge in [0.15, 0.2) is 0 Å². The van der Waals surface area contributed by atoms with Crippen LogP contribution in [0.3, 0.4) is 0 Å². The summed E-state index contributed by atoms with van der Waals surface area (Å²) in [5.74, 6) is -2.40. The van der Waals surface area contributed by atoms with Crippen molar-refractivity contribution in [3.63, 3.8) is 0 Å². The quantitative estimate of drug-likeness (QED) is 0.566. The summed E-state index contributed by atoms with van der Waals surface area (Å²) in [6, 6.07) is 3.87. The molecule has 1 spiro atoms. The van der Waals surface area contributed by atoms with Gasteiger partial charge < -0.3 is 20.3 Å². The molecule has 1 aromatic rings. The molecule has 3 fully saturated rings. The lowest BCUT2D eigenvalue weighted by atomic mass is 9.70. The monoisotopic (exact) mass is 519 g/mol. The van der Waals surface area contributed by atoms with Gasteiger partial charge in [0.05, 0.1) is 27.5 Å². The summed E-state index contributed by atoms with van der Waals surface area (Å²) in [7, 11) is 0. The van der Waals surface area contributed by atoms with Gasteiger partial charge in [0.1, 0.15) is 11.6 Å². The van der Waals surface area contributed by atoms with Crippen molar-refractivity contribution in [1.82, 2.24) is 10.2 Å². The van der Waals surface area contributed by atoms with Crippen LogP contribution < -0.4 is 10.6 Å². The smallest absolute Gasteiger partial charge is 0.246 e. The van der Waals surface area contributed by atoms with Gasteiger partial charge in [0.25, 0.3) is 0 Å². The number of hydrogen-bond donors (Lipinski definition) is 2. The highest BCUT2D eigenvalue weighted by Gasteiger charge is 2.76. The van der Waals surface area contributed by atoms with Crippen LogP contribution in [-0.4, -0.2) is 51.9 Å². The molecule has 3 amide bonds. The van der Waals surface area contributed by atoms with Gasteiger partial charge in [0.2, 0.25) is 17.7 Å². The van der Waals surface area contributed by atoms with Crippen molar-refractivity contribution in [3.8, 4) is 0 Å². The maximum Gasteiger partial charge on any atom is 0.246 e. The van der Waals surface area contributed by atoms with Gasteiger partial charge in [-0.2, -0.15) is 0 Å². The molecule has 7 nitrogen and oxygen atoms in total. The van der Waals surface area contributed by atoms with E-state index in [1.807, 2.05) is 26.0 Å². The van der Waals surface area contributed by atoms with E-state index in [0.29, 0.717) is 15.7 Å². The standard InChI is InChI=1S/C26H31Cl2N3O4/c1-14(2)31-21(23(33)29-15-7-5-4-6-8-15)26-12-11-25(3,35-26)19(20(26)24(31)34)22(32)30-16-9-10-17(27)18(28)13-16/h9-15,19-21H,4-8H2,1-3H3,(H,29,33)(H,30,32)/t19?,20-,21?,25-,26+/m0/s1. The van der Waals surface area contributed by atoms with Crippen molar-refractivity contribution in [3.05, 3.63) is 40.4 Å². The summed E-state index contributed by atoms with van der Waals surface area (Å²) < 4.78 is 6.52. The molecule has 3 heterocycles. The van der Waals surface area contributed by atoms with E-state index in [-0.39, 0.29) is 29.8 Å². The maximum absolute atomic E-state index is 13.8. The highest BCUT2D eigenvalue weighted by Crippen LogP contribution is 2.60. The number of ether oxygens (including phenoxy) is 1. The summed E-state index contributed by atoms with van der Waals surface area (Å²) in [5.41, 5.74) is -1.71. The molecule has 2 saturated heterocycles. The third-order valence-corrected chi connectivity index (χ3v) is 8.70. The van der Waals surface area contributed by atoms with Crippen LogP contribution in [0.1, 0.15) is 52.9 Å². The first-order valence-corrected chi connectivity index (χ1v) is 13.1. The van der Waals surface area contributed by atoms with Gasteiger partial charge in [-0.25, -0.2) is 0 Å². The largest absolute Gasteiger partial charge is 0.356 e. The Morgan fingerprint density at radius 1 is 1.09 bits per heavy atom. The third-order valence-electron chi connectivity index (χ3n) is 7.96. The average molecular weight is 520 g/mol. The molecule has 1 saturated carbocycles. The number of amides is 3. The summed E-state index contributed by atoms with van der Waals surface area (Å²) in [6.07, 6.45) is 8.90. The Morgan fingerprint density at radius 3 is 2.46 bits per heavy atom. The van der Waals surface area contributed by atoms with Crippen LogP contribution in [0.25, 0.3) is 0 Å². The Bertz CT molecular complexity index is 1100. The van der Waals surface area contributed by atoms with E-state index in [1.54, 1.807) is 30.0 Å².